The van der Waals surface area contributed by atoms with Gasteiger partial charge in [0.1, 0.15) is 5.75 Å². The lowest BCUT2D eigenvalue weighted by Gasteiger charge is -2.53. The first-order valence-electron chi connectivity index (χ1n) is 9.04. The minimum absolute atomic E-state index is 0.220. The van der Waals surface area contributed by atoms with Gasteiger partial charge < -0.3 is 10.2 Å². The van der Waals surface area contributed by atoms with Crippen LogP contribution < -0.4 is 0 Å². The van der Waals surface area contributed by atoms with Crippen molar-refractivity contribution >= 4 is 0 Å². The van der Waals surface area contributed by atoms with Crippen molar-refractivity contribution < 1.29 is 10.2 Å². The van der Waals surface area contributed by atoms with Crippen LogP contribution in [-0.2, 0) is 6.42 Å². The molecule has 0 amide bonds. The molecule has 2 heteroatoms. The van der Waals surface area contributed by atoms with E-state index in [1.54, 1.807) is 6.07 Å². The number of aryl methyl sites for hydroxylation is 1. The topological polar surface area (TPSA) is 40.5 Å². The quantitative estimate of drug-likeness (QED) is 0.814. The smallest absolute Gasteiger partial charge is 0.115 e. The van der Waals surface area contributed by atoms with Crippen LogP contribution in [0.5, 0.6) is 5.75 Å². The largest absolute Gasteiger partial charge is 0.508 e. The van der Waals surface area contributed by atoms with Crippen LogP contribution in [0.1, 0.15) is 63.0 Å². The second kappa shape index (κ2) is 4.99. The SMILES string of the molecule is CCC1CCC2C3CCc4cc(O)ccc4C3[C@@H](O)C[C@]12C. The lowest BCUT2D eigenvalue weighted by molar-refractivity contribution is -0.0555. The lowest BCUT2D eigenvalue weighted by atomic mass is 9.53. The van der Waals surface area contributed by atoms with Crippen LogP contribution in [-0.4, -0.2) is 16.3 Å². The van der Waals surface area contributed by atoms with E-state index in [4.69, 9.17) is 0 Å². The van der Waals surface area contributed by atoms with Gasteiger partial charge in [0, 0.05) is 5.92 Å². The van der Waals surface area contributed by atoms with Crippen LogP contribution in [0.3, 0.4) is 0 Å². The number of phenolic OH excluding ortho intramolecular Hbond substituents is 1. The Morgan fingerprint density at radius 2 is 2.05 bits per heavy atom. The summed E-state index contributed by atoms with van der Waals surface area (Å²) in [7, 11) is 0. The van der Waals surface area contributed by atoms with E-state index in [-0.39, 0.29) is 12.0 Å². The number of aliphatic hydroxyl groups excluding tert-OH is 1. The number of hydrogen-bond acceptors (Lipinski definition) is 2. The van der Waals surface area contributed by atoms with Gasteiger partial charge in [0.15, 0.2) is 0 Å². The van der Waals surface area contributed by atoms with Crippen LogP contribution in [0.25, 0.3) is 0 Å². The number of hydrogen-bond donors (Lipinski definition) is 2. The van der Waals surface area contributed by atoms with Gasteiger partial charge in [0.05, 0.1) is 6.10 Å². The Labute approximate surface area is 133 Å². The molecule has 3 aliphatic carbocycles. The molecule has 120 valence electrons. The molecule has 1 aromatic rings. The molecular weight excluding hydrogens is 272 g/mol. The highest BCUT2D eigenvalue weighted by Gasteiger charge is 2.56. The zero-order valence-corrected chi connectivity index (χ0v) is 13.8. The molecule has 22 heavy (non-hydrogen) atoms. The van der Waals surface area contributed by atoms with Crippen molar-refractivity contribution in [2.45, 2.75) is 64.4 Å². The first-order valence-corrected chi connectivity index (χ1v) is 9.04. The Morgan fingerprint density at radius 1 is 1.23 bits per heavy atom. The fourth-order valence-corrected chi connectivity index (χ4v) is 6.42. The Balaban J connectivity index is 1.74. The maximum atomic E-state index is 11.0. The van der Waals surface area contributed by atoms with Crippen LogP contribution in [0.4, 0.5) is 0 Å². The third-order valence-corrected chi connectivity index (χ3v) is 7.37. The van der Waals surface area contributed by atoms with E-state index >= 15 is 0 Å². The molecule has 0 bridgehead atoms. The number of aliphatic hydroxyl groups is 1. The molecule has 2 saturated carbocycles. The summed E-state index contributed by atoms with van der Waals surface area (Å²) >= 11 is 0. The molecule has 2 fully saturated rings. The predicted octanol–water partition coefficient (Wildman–Crippen LogP) is 4.25. The van der Waals surface area contributed by atoms with Crippen molar-refractivity contribution in [1.82, 2.24) is 0 Å². The molecule has 1 aromatic carbocycles. The lowest BCUT2D eigenvalue weighted by Crippen LogP contribution is -2.48. The minimum atomic E-state index is -0.220. The molecule has 6 atom stereocenters. The molecule has 0 saturated heterocycles. The molecule has 3 aliphatic rings. The van der Waals surface area contributed by atoms with E-state index in [1.807, 2.05) is 6.07 Å². The second-order valence-electron chi connectivity index (χ2n) is 8.18. The van der Waals surface area contributed by atoms with Gasteiger partial charge in [0.25, 0.3) is 0 Å². The van der Waals surface area contributed by atoms with Gasteiger partial charge in [-0.1, -0.05) is 26.3 Å². The summed E-state index contributed by atoms with van der Waals surface area (Å²) in [6, 6.07) is 5.78. The summed E-state index contributed by atoms with van der Waals surface area (Å²) in [5.41, 5.74) is 2.90. The van der Waals surface area contributed by atoms with Gasteiger partial charge in [-0.3, -0.25) is 0 Å². The number of rotatable bonds is 1. The first kappa shape index (κ1) is 14.6. The highest BCUT2D eigenvalue weighted by molar-refractivity contribution is 5.40. The van der Waals surface area contributed by atoms with E-state index in [1.165, 1.54) is 36.8 Å². The Kier molecular flexibility index (Phi) is 3.30. The summed E-state index contributed by atoms with van der Waals surface area (Å²) in [6.45, 7) is 4.76. The normalized spacial score (nSPS) is 43.3. The van der Waals surface area contributed by atoms with E-state index in [2.05, 4.69) is 19.9 Å². The van der Waals surface area contributed by atoms with Gasteiger partial charge in [-0.25, -0.2) is 0 Å². The molecule has 0 aliphatic heterocycles. The second-order valence-corrected chi connectivity index (χ2v) is 8.18. The Hall–Kier alpha value is -1.02. The molecule has 0 aromatic heterocycles. The predicted molar refractivity (Wildman–Crippen MR) is 87.9 cm³/mol. The maximum absolute atomic E-state index is 11.0. The first-order chi connectivity index (χ1) is 10.5. The third kappa shape index (κ3) is 1.89. The summed E-state index contributed by atoms with van der Waals surface area (Å²) in [5.74, 6) is 2.83. The van der Waals surface area contributed by atoms with Crippen molar-refractivity contribution in [1.29, 1.82) is 0 Å². The third-order valence-electron chi connectivity index (χ3n) is 7.37. The van der Waals surface area contributed by atoms with E-state index in [0.717, 1.165) is 24.7 Å². The molecule has 2 N–H and O–H groups in total. The fourth-order valence-electron chi connectivity index (χ4n) is 6.42. The number of aromatic hydroxyl groups is 1. The number of fused-ring (bicyclic) bond motifs is 5. The van der Waals surface area contributed by atoms with Gasteiger partial charge in [-0.05, 0) is 78.5 Å². The van der Waals surface area contributed by atoms with Crippen LogP contribution >= 0.6 is 0 Å². The molecule has 4 unspecified atom stereocenters. The molecule has 2 nitrogen and oxygen atoms in total. The zero-order chi connectivity index (χ0) is 15.5. The van der Waals surface area contributed by atoms with Crippen molar-refractivity contribution in [2.75, 3.05) is 0 Å². The summed E-state index contributed by atoms with van der Waals surface area (Å²) in [5, 5.41) is 20.7. The van der Waals surface area contributed by atoms with E-state index < -0.39 is 0 Å². The summed E-state index contributed by atoms with van der Waals surface area (Å²) in [6.07, 6.45) is 6.91. The summed E-state index contributed by atoms with van der Waals surface area (Å²) in [4.78, 5) is 0. The van der Waals surface area contributed by atoms with Crippen LogP contribution in [0, 0.1) is 23.2 Å². The molecule has 0 heterocycles. The van der Waals surface area contributed by atoms with Gasteiger partial charge in [-0.2, -0.15) is 0 Å². The highest BCUT2D eigenvalue weighted by Crippen LogP contribution is 2.63. The molecule has 4 rings (SSSR count). The van der Waals surface area contributed by atoms with Gasteiger partial charge >= 0.3 is 0 Å². The van der Waals surface area contributed by atoms with Crippen molar-refractivity contribution in [2.24, 2.45) is 23.2 Å². The maximum Gasteiger partial charge on any atom is 0.115 e. The monoisotopic (exact) mass is 300 g/mol. The Bertz CT molecular complexity index is 581. The average molecular weight is 300 g/mol. The van der Waals surface area contributed by atoms with E-state index in [9.17, 15) is 10.2 Å². The molecule has 0 spiro atoms. The van der Waals surface area contributed by atoms with Crippen LogP contribution in [0.2, 0.25) is 0 Å². The number of phenols is 1. The van der Waals surface area contributed by atoms with Crippen molar-refractivity contribution in [3.05, 3.63) is 29.3 Å². The Morgan fingerprint density at radius 3 is 2.82 bits per heavy atom. The van der Waals surface area contributed by atoms with E-state index in [0.29, 0.717) is 17.1 Å². The zero-order valence-electron chi connectivity index (χ0n) is 13.8. The van der Waals surface area contributed by atoms with Gasteiger partial charge in [0.2, 0.25) is 0 Å². The van der Waals surface area contributed by atoms with Crippen LogP contribution in [0.15, 0.2) is 18.2 Å². The standard InChI is InChI=1S/C20H28O2/c1-3-13-5-9-17-16-7-4-12-10-14(21)6-8-15(12)19(16)18(22)11-20(13,17)2/h6,8,10,13,16-19,21-22H,3-5,7,9,11H2,1-2H3/t13?,16?,17?,18-,19?,20+/m0/s1. The summed E-state index contributed by atoms with van der Waals surface area (Å²) < 4.78 is 0. The average Bonchev–Trinajstić information content (AvgIpc) is 2.82. The van der Waals surface area contributed by atoms with Crippen molar-refractivity contribution in [3.63, 3.8) is 0 Å². The van der Waals surface area contributed by atoms with Crippen molar-refractivity contribution in [3.8, 4) is 5.75 Å². The molecule has 0 radical (unpaired) electrons. The minimum Gasteiger partial charge on any atom is -0.508 e. The van der Waals surface area contributed by atoms with Gasteiger partial charge in [-0.15, -0.1) is 0 Å². The number of benzene rings is 1. The highest BCUT2D eigenvalue weighted by atomic mass is 16.3. The molecular formula is C20H28O2. The fraction of sp³-hybridized carbons (Fsp3) is 0.700.